The minimum Gasteiger partial charge on any atom is -0.541 e. The zero-order chi connectivity index (χ0) is 14.7. The van der Waals surface area contributed by atoms with Gasteiger partial charge in [0, 0.05) is 0 Å². The number of nitrogens with zero attached hydrogens (tertiary/aromatic N) is 1. The van der Waals surface area contributed by atoms with Crippen LogP contribution in [-0.2, 0) is 0 Å². The van der Waals surface area contributed by atoms with E-state index in [1.165, 1.54) is 6.21 Å². The summed E-state index contributed by atoms with van der Waals surface area (Å²) in [6.07, 6.45) is 1.37. The minimum atomic E-state index is -1.93. The van der Waals surface area contributed by atoms with Crippen LogP contribution in [0.3, 0.4) is 0 Å². The molecular formula is C14H23NO3Si. The van der Waals surface area contributed by atoms with Crippen molar-refractivity contribution in [3.05, 3.63) is 23.8 Å². The lowest BCUT2D eigenvalue weighted by Gasteiger charge is -2.36. The Bertz CT molecular complexity index is 464. The van der Waals surface area contributed by atoms with E-state index in [0.29, 0.717) is 11.5 Å². The lowest BCUT2D eigenvalue weighted by molar-refractivity contribution is 0.322. The molecule has 1 aromatic carbocycles. The molecule has 0 saturated heterocycles. The monoisotopic (exact) mass is 281 g/mol. The summed E-state index contributed by atoms with van der Waals surface area (Å²) in [5.74, 6) is 1.39. The zero-order valence-corrected chi connectivity index (χ0v) is 13.5. The molecule has 0 aliphatic heterocycles. The van der Waals surface area contributed by atoms with Gasteiger partial charge in [-0.1, -0.05) is 25.9 Å². The Balaban J connectivity index is 3.14. The fourth-order valence-electron chi connectivity index (χ4n) is 1.35. The largest absolute Gasteiger partial charge is 0.541 e. The molecule has 1 N–H and O–H groups in total. The predicted molar refractivity (Wildman–Crippen MR) is 80.2 cm³/mol. The summed E-state index contributed by atoms with van der Waals surface area (Å²) in [5, 5.41) is 11.8. The first-order valence-corrected chi connectivity index (χ1v) is 9.16. The molecule has 0 unspecified atom stereocenters. The number of ether oxygens (including phenoxy) is 1. The van der Waals surface area contributed by atoms with Gasteiger partial charge in [-0.25, -0.2) is 0 Å². The second-order valence-electron chi connectivity index (χ2n) is 6.02. The molecule has 5 heteroatoms. The predicted octanol–water partition coefficient (Wildman–Crippen LogP) is 3.89. The van der Waals surface area contributed by atoms with E-state index in [9.17, 15) is 0 Å². The Morgan fingerprint density at radius 1 is 1.21 bits per heavy atom. The van der Waals surface area contributed by atoms with Crippen LogP contribution in [0.15, 0.2) is 23.4 Å². The van der Waals surface area contributed by atoms with E-state index in [0.717, 1.165) is 5.56 Å². The average Bonchev–Trinajstić information content (AvgIpc) is 2.28. The molecule has 106 valence electrons. The molecule has 1 aromatic rings. The Kier molecular flexibility index (Phi) is 4.63. The Labute approximate surface area is 116 Å². The summed E-state index contributed by atoms with van der Waals surface area (Å²) in [4.78, 5) is 0. The second-order valence-corrected chi connectivity index (χ2v) is 10.7. The van der Waals surface area contributed by atoms with Gasteiger partial charge in [-0.2, -0.15) is 0 Å². The van der Waals surface area contributed by atoms with Crippen LogP contribution in [0.25, 0.3) is 0 Å². The van der Waals surface area contributed by atoms with Crippen molar-refractivity contribution in [3.63, 3.8) is 0 Å². The Hall–Kier alpha value is -1.49. The highest BCUT2D eigenvalue weighted by Gasteiger charge is 2.39. The SMILES string of the molecule is COc1ccc(/C=N\O)cc1O[Si](C)(C)C(C)(C)C. The maximum atomic E-state index is 8.60. The maximum absolute atomic E-state index is 8.60. The van der Waals surface area contributed by atoms with Gasteiger partial charge in [-0.15, -0.1) is 0 Å². The van der Waals surface area contributed by atoms with Crippen LogP contribution in [0, 0.1) is 0 Å². The standard InChI is InChI=1S/C14H23NO3Si/c1-14(2,3)19(5,6)18-13-9-11(10-15-16)7-8-12(13)17-4/h7-10,16H,1-6H3/b15-10-. The van der Waals surface area contributed by atoms with E-state index in [-0.39, 0.29) is 5.04 Å². The molecule has 0 bridgehead atoms. The van der Waals surface area contributed by atoms with Crippen LogP contribution < -0.4 is 9.16 Å². The highest BCUT2D eigenvalue weighted by molar-refractivity contribution is 6.74. The van der Waals surface area contributed by atoms with Crippen LogP contribution >= 0.6 is 0 Å². The molecule has 0 aromatic heterocycles. The van der Waals surface area contributed by atoms with Crippen molar-refractivity contribution in [2.75, 3.05) is 7.11 Å². The number of rotatable bonds is 4. The zero-order valence-electron chi connectivity index (χ0n) is 12.5. The van der Waals surface area contributed by atoms with Gasteiger partial charge in [0.05, 0.1) is 13.3 Å². The average molecular weight is 281 g/mol. The van der Waals surface area contributed by atoms with E-state index in [1.807, 2.05) is 18.2 Å². The van der Waals surface area contributed by atoms with Crippen LogP contribution in [0.4, 0.5) is 0 Å². The quantitative estimate of drug-likeness (QED) is 0.394. The molecule has 0 aliphatic carbocycles. The smallest absolute Gasteiger partial charge is 0.250 e. The van der Waals surface area contributed by atoms with Crippen molar-refractivity contribution in [1.82, 2.24) is 0 Å². The van der Waals surface area contributed by atoms with E-state index in [4.69, 9.17) is 14.4 Å². The minimum absolute atomic E-state index is 0.110. The molecule has 0 spiro atoms. The van der Waals surface area contributed by atoms with Crippen LogP contribution in [0.5, 0.6) is 11.5 Å². The maximum Gasteiger partial charge on any atom is 0.250 e. The first-order chi connectivity index (χ1) is 8.71. The molecule has 1 rings (SSSR count). The molecule has 4 nitrogen and oxygen atoms in total. The molecule has 0 atom stereocenters. The van der Waals surface area contributed by atoms with Gasteiger partial charge in [0.2, 0.25) is 0 Å². The number of oxime groups is 1. The van der Waals surface area contributed by atoms with Crippen LogP contribution in [0.1, 0.15) is 26.3 Å². The summed E-state index contributed by atoms with van der Waals surface area (Å²) in [5.41, 5.74) is 0.775. The fourth-order valence-corrected chi connectivity index (χ4v) is 2.36. The van der Waals surface area contributed by atoms with E-state index in [2.05, 4.69) is 39.0 Å². The van der Waals surface area contributed by atoms with E-state index < -0.39 is 8.32 Å². The summed E-state index contributed by atoms with van der Waals surface area (Å²) < 4.78 is 11.6. The highest BCUT2D eigenvalue weighted by Crippen LogP contribution is 2.40. The lowest BCUT2D eigenvalue weighted by atomic mass is 10.2. The van der Waals surface area contributed by atoms with Crippen LogP contribution in [-0.4, -0.2) is 26.8 Å². The molecule has 19 heavy (non-hydrogen) atoms. The van der Waals surface area contributed by atoms with Gasteiger partial charge in [0.25, 0.3) is 8.32 Å². The van der Waals surface area contributed by atoms with Gasteiger partial charge in [0.1, 0.15) is 5.75 Å². The third-order valence-corrected chi connectivity index (χ3v) is 7.91. The highest BCUT2D eigenvalue weighted by atomic mass is 28.4. The topological polar surface area (TPSA) is 51.0 Å². The second kappa shape index (κ2) is 5.65. The number of hydrogen-bond donors (Lipinski definition) is 1. The Morgan fingerprint density at radius 3 is 2.32 bits per heavy atom. The summed E-state index contributed by atoms with van der Waals surface area (Å²) in [6.45, 7) is 10.9. The normalized spacial score (nSPS) is 12.7. The van der Waals surface area contributed by atoms with Gasteiger partial charge in [-0.3, -0.25) is 0 Å². The molecular weight excluding hydrogens is 258 g/mol. The first kappa shape index (κ1) is 15.6. The fraction of sp³-hybridized carbons (Fsp3) is 0.500. The molecule has 0 heterocycles. The van der Waals surface area contributed by atoms with Crippen molar-refractivity contribution in [1.29, 1.82) is 0 Å². The molecule has 0 fully saturated rings. The van der Waals surface area contributed by atoms with E-state index >= 15 is 0 Å². The molecule has 0 amide bonds. The van der Waals surface area contributed by atoms with Crippen molar-refractivity contribution in [2.24, 2.45) is 5.16 Å². The first-order valence-electron chi connectivity index (χ1n) is 6.26. The van der Waals surface area contributed by atoms with Crippen molar-refractivity contribution < 1.29 is 14.4 Å². The number of methoxy groups -OCH3 is 1. The van der Waals surface area contributed by atoms with Crippen LogP contribution in [0.2, 0.25) is 18.1 Å². The summed E-state index contributed by atoms with van der Waals surface area (Å²) >= 11 is 0. The van der Waals surface area contributed by atoms with E-state index in [1.54, 1.807) is 7.11 Å². The molecule has 0 radical (unpaired) electrons. The number of hydrogen-bond acceptors (Lipinski definition) is 4. The third-order valence-electron chi connectivity index (χ3n) is 3.57. The van der Waals surface area contributed by atoms with Crippen molar-refractivity contribution in [3.8, 4) is 11.5 Å². The molecule has 0 aliphatic rings. The number of benzene rings is 1. The summed E-state index contributed by atoms with van der Waals surface area (Å²) in [7, 11) is -0.308. The molecule has 0 saturated carbocycles. The summed E-state index contributed by atoms with van der Waals surface area (Å²) in [6, 6.07) is 5.47. The van der Waals surface area contributed by atoms with Gasteiger partial charge < -0.3 is 14.4 Å². The van der Waals surface area contributed by atoms with Gasteiger partial charge in [-0.05, 0) is 41.9 Å². The van der Waals surface area contributed by atoms with Gasteiger partial charge >= 0.3 is 0 Å². The van der Waals surface area contributed by atoms with Crippen molar-refractivity contribution in [2.45, 2.75) is 38.9 Å². The third kappa shape index (κ3) is 3.73. The van der Waals surface area contributed by atoms with Crippen molar-refractivity contribution >= 4 is 14.5 Å². The van der Waals surface area contributed by atoms with Gasteiger partial charge in [0.15, 0.2) is 5.75 Å². The Morgan fingerprint density at radius 2 is 1.84 bits per heavy atom. The lowest BCUT2D eigenvalue weighted by Crippen LogP contribution is -2.43.